The quantitative estimate of drug-likeness (QED) is 0.649. The molecule has 0 aliphatic rings. The Morgan fingerprint density at radius 3 is 2.31 bits per heavy atom. The van der Waals surface area contributed by atoms with Gasteiger partial charge in [-0.3, -0.25) is 4.79 Å². The summed E-state index contributed by atoms with van der Waals surface area (Å²) in [4.78, 5) is 13.6. The number of hydrogen-bond donors (Lipinski definition) is 1. The van der Waals surface area contributed by atoms with E-state index in [1.165, 1.54) is 32.5 Å². The molecule has 2 heterocycles. The van der Waals surface area contributed by atoms with E-state index in [1.54, 1.807) is 34.8 Å². The van der Waals surface area contributed by atoms with Crippen LogP contribution in [0.3, 0.4) is 0 Å². The lowest BCUT2D eigenvalue weighted by molar-refractivity contribution is 0.0950. The highest BCUT2D eigenvalue weighted by Crippen LogP contribution is 2.38. The lowest BCUT2D eigenvalue weighted by Gasteiger charge is -2.14. The summed E-state index contributed by atoms with van der Waals surface area (Å²) < 4.78 is 15.9. The van der Waals surface area contributed by atoms with E-state index in [-0.39, 0.29) is 5.91 Å². The Hall–Kier alpha value is -2.51. The van der Waals surface area contributed by atoms with Crippen LogP contribution in [-0.2, 0) is 6.54 Å². The number of rotatable bonds is 7. The molecule has 7 heteroatoms. The van der Waals surface area contributed by atoms with Crippen LogP contribution >= 0.6 is 22.7 Å². The zero-order chi connectivity index (χ0) is 18.5. The summed E-state index contributed by atoms with van der Waals surface area (Å²) in [5.41, 5.74) is 2.83. The second-order valence-electron chi connectivity index (χ2n) is 5.41. The van der Waals surface area contributed by atoms with Crippen molar-refractivity contribution in [3.05, 3.63) is 50.8 Å². The number of carbonyl (C=O) groups is 1. The molecular weight excluding hydrogens is 370 g/mol. The molecule has 0 aliphatic carbocycles. The summed E-state index contributed by atoms with van der Waals surface area (Å²) in [6, 6.07) is 7.47. The maximum absolute atomic E-state index is 12.5. The average Bonchev–Trinajstić information content (AvgIpc) is 3.36. The van der Waals surface area contributed by atoms with Gasteiger partial charge in [0, 0.05) is 10.4 Å². The van der Waals surface area contributed by atoms with Gasteiger partial charge in [-0.1, -0.05) is 0 Å². The number of benzene rings is 1. The van der Waals surface area contributed by atoms with Crippen LogP contribution in [0, 0.1) is 0 Å². The molecule has 3 aromatic rings. The van der Waals surface area contributed by atoms with E-state index in [2.05, 4.69) is 33.6 Å². The van der Waals surface area contributed by atoms with Crippen molar-refractivity contribution < 1.29 is 19.0 Å². The van der Waals surface area contributed by atoms with E-state index in [4.69, 9.17) is 14.2 Å². The number of amides is 1. The average molecular weight is 389 g/mol. The number of ether oxygens (including phenoxy) is 3. The lowest BCUT2D eigenvalue weighted by Crippen LogP contribution is -2.22. The van der Waals surface area contributed by atoms with Gasteiger partial charge in [0.2, 0.25) is 5.75 Å². The SMILES string of the molecule is COc1cc(C(=O)NCc2cc(-c3ccsc3)cs2)cc(OC)c1OC. The molecule has 1 N–H and O–H groups in total. The van der Waals surface area contributed by atoms with E-state index >= 15 is 0 Å². The molecule has 0 unspecified atom stereocenters. The van der Waals surface area contributed by atoms with Crippen LogP contribution in [-0.4, -0.2) is 27.2 Å². The zero-order valence-electron chi connectivity index (χ0n) is 14.7. The first-order chi connectivity index (χ1) is 12.7. The number of nitrogens with one attached hydrogen (secondary N) is 1. The Morgan fingerprint density at radius 2 is 1.73 bits per heavy atom. The van der Waals surface area contributed by atoms with Crippen molar-refractivity contribution >= 4 is 28.6 Å². The minimum Gasteiger partial charge on any atom is -0.493 e. The molecule has 0 bridgehead atoms. The topological polar surface area (TPSA) is 56.8 Å². The normalized spacial score (nSPS) is 10.4. The molecule has 0 aliphatic heterocycles. The minimum absolute atomic E-state index is 0.199. The fourth-order valence-electron chi connectivity index (χ4n) is 2.54. The van der Waals surface area contributed by atoms with Gasteiger partial charge in [-0.2, -0.15) is 11.3 Å². The first kappa shape index (κ1) is 18.3. The predicted molar refractivity (Wildman–Crippen MR) is 105 cm³/mol. The van der Waals surface area contributed by atoms with Crippen LogP contribution in [0.15, 0.2) is 40.4 Å². The standard InChI is InChI=1S/C19H19NO4S2/c1-22-16-7-13(8-17(23-2)18(16)24-3)19(21)20-9-15-6-14(11-26-15)12-4-5-25-10-12/h4-8,10-11H,9H2,1-3H3,(H,20,21). The zero-order valence-corrected chi connectivity index (χ0v) is 16.3. The molecule has 0 saturated heterocycles. The van der Waals surface area contributed by atoms with E-state index < -0.39 is 0 Å². The van der Waals surface area contributed by atoms with Crippen LogP contribution in [0.5, 0.6) is 17.2 Å². The fourth-order valence-corrected chi connectivity index (χ4v) is 4.03. The van der Waals surface area contributed by atoms with E-state index in [1.807, 2.05) is 0 Å². The molecule has 0 fully saturated rings. The van der Waals surface area contributed by atoms with Gasteiger partial charge < -0.3 is 19.5 Å². The third kappa shape index (κ3) is 3.84. The van der Waals surface area contributed by atoms with Crippen molar-refractivity contribution in [3.63, 3.8) is 0 Å². The summed E-state index contributed by atoms with van der Waals surface area (Å²) in [5.74, 6) is 1.17. The van der Waals surface area contributed by atoms with Crippen molar-refractivity contribution in [2.24, 2.45) is 0 Å². The second kappa shape index (κ2) is 8.25. The van der Waals surface area contributed by atoms with E-state index in [9.17, 15) is 4.79 Å². The summed E-state index contributed by atoms with van der Waals surface area (Å²) in [7, 11) is 4.58. The molecule has 0 spiro atoms. The van der Waals surface area contributed by atoms with Gasteiger partial charge in [0.05, 0.1) is 27.9 Å². The van der Waals surface area contributed by atoms with Crippen LogP contribution < -0.4 is 19.5 Å². The van der Waals surface area contributed by atoms with Crippen molar-refractivity contribution in [1.82, 2.24) is 5.32 Å². The Labute approximate surface area is 160 Å². The number of carbonyl (C=O) groups excluding carboxylic acids is 1. The molecule has 5 nitrogen and oxygen atoms in total. The molecule has 26 heavy (non-hydrogen) atoms. The Kier molecular flexibility index (Phi) is 5.80. The highest BCUT2D eigenvalue weighted by Gasteiger charge is 2.17. The molecular formula is C19H19NO4S2. The van der Waals surface area contributed by atoms with Crippen molar-refractivity contribution in [2.45, 2.75) is 6.54 Å². The second-order valence-corrected chi connectivity index (χ2v) is 7.19. The lowest BCUT2D eigenvalue weighted by atomic mass is 10.1. The summed E-state index contributed by atoms with van der Waals surface area (Å²) >= 11 is 3.30. The van der Waals surface area contributed by atoms with Crippen LogP contribution in [0.25, 0.3) is 11.1 Å². The third-order valence-corrected chi connectivity index (χ3v) is 5.48. The third-order valence-electron chi connectivity index (χ3n) is 3.86. The summed E-state index contributed by atoms with van der Waals surface area (Å²) in [6.45, 7) is 0.463. The number of methoxy groups -OCH3 is 3. The van der Waals surface area contributed by atoms with Crippen LogP contribution in [0.2, 0.25) is 0 Å². The summed E-state index contributed by atoms with van der Waals surface area (Å²) in [5, 5.41) is 9.20. The molecule has 1 aromatic carbocycles. The van der Waals surface area contributed by atoms with Crippen molar-refractivity contribution in [3.8, 4) is 28.4 Å². The molecule has 136 valence electrons. The van der Waals surface area contributed by atoms with Gasteiger partial charge in [-0.05, 0) is 51.5 Å². The number of thiophene rings is 2. The highest BCUT2D eigenvalue weighted by atomic mass is 32.1. The van der Waals surface area contributed by atoms with Gasteiger partial charge in [0.25, 0.3) is 5.91 Å². The van der Waals surface area contributed by atoms with Gasteiger partial charge in [-0.25, -0.2) is 0 Å². The fraction of sp³-hybridized carbons (Fsp3) is 0.211. The highest BCUT2D eigenvalue weighted by molar-refractivity contribution is 7.10. The minimum atomic E-state index is -0.199. The maximum Gasteiger partial charge on any atom is 0.251 e. The van der Waals surface area contributed by atoms with Crippen molar-refractivity contribution in [2.75, 3.05) is 21.3 Å². The van der Waals surface area contributed by atoms with Crippen molar-refractivity contribution in [1.29, 1.82) is 0 Å². The van der Waals surface area contributed by atoms with Gasteiger partial charge in [0.1, 0.15) is 0 Å². The van der Waals surface area contributed by atoms with E-state index in [0.29, 0.717) is 29.4 Å². The van der Waals surface area contributed by atoms with Gasteiger partial charge in [0.15, 0.2) is 11.5 Å². The first-order valence-electron chi connectivity index (χ1n) is 7.84. The molecule has 0 saturated carbocycles. The monoisotopic (exact) mass is 389 g/mol. The molecule has 1 amide bonds. The smallest absolute Gasteiger partial charge is 0.251 e. The molecule has 0 radical (unpaired) electrons. The predicted octanol–water partition coefficient (Wildman–Crippen LogP) is 4.43. The molecule has 2 aromatic heterocycles. The molecule has 3 rings (SSSR count). The Morgan fingerprint density at radius 1 is 1.00 bits per heavy atom. The largest absolute Gasteiger partial charge is 0.493 e. The summed E-state index contributed by atoms with van der Waals surface area (Å²) in [6.07, 6.45) is 0. The Balaban J connectivity index is 1.72. The van der Waals surface area contributed by atoms with Gasteiger partial charge in [-0.15, -0.1) is 11.3 Å². The number of hydrogen-bond acceptors (Lipinski definition) is 6. The molecule has 0 atom stereocenters. The van der Waals surface area contributed by atoms with Crippen LogP contribution in [0.4, 0.5) is 0 Å². The first-order valence-corrected chi connectivity index (χ1v) is 9.66. The van der Waals surface area contributed by atoms with Gasteiger partial charge >= 0.3 is 0 Å². The van der Waals surface area contributed by atoms with Crippen LogP contribution in [0.1, 0.15) is 15.2 Å². The Bertz CT molecular complexity index is 862. The maximum atomic E-state index is 12.5. The van der Waals surface area contributed by atoms with E-state index in [0.717, 1.165) is 4.88 Å².